The molecule has 7 atom stereocenters. The van der Waals surface area contributed by atoms with Crippen molar-refractivity contribution in [2.45, 2.75) is 49.1 Å². The summed E-state index contributed by atoms with van der Waals surface area (Å²) in [5, 5.41) is 84.9. The molecule has 0 unspecified atom stereocenters. The average molecular weight is 364 g/mol. The normalized spacial score (nSPS) is 20.4. The average Bonchev–Trinajstić information content (AvgIpc) is 2.64. The molecule has 0 aliphatic rings. The van der Waals surface area contributed by atoms with E-state index in [1.54, 1.807) is 0 Å². The lowest BCUT2D eigenvalue weighted by atomic mass is 10.0. The summed E-state index contributed by atoms with van der Waals surface area (Å²) < 4.78 is 0. The van der Waals surface area contributed by atoms with Crippen molar-refractivity contribution in [1.29, 1.82) is 0 Å². The number of rotatable bonds is 10. The summed E-state index contributed by atoms with van der Waals surface area (Å²) in [5.41, 5.74) is -0.0868. The molecular formula is C14H24N2O9. The van der Waals surface area contributed by atoms with Crippen LogP contribution in [-0.2, 0) is 6.42 Å². The van der Waals surface area contributed by atoms with E-state index in [9.17, 15) is 35.7 Å². The lowest BCUT2D eigenvalue weighted by molar-refractivity contribution is -0.117. The van der Waals surface area contributed by atoms with E-state index in [0.29, 0.717) is 0 Å². The van der Waals surface area contributed by atoms with Gasteiger partial charge >= 0.3 is 0 Å². The molecule has 9 N–H and O–H groups in total. The molecule has 0 radical (unpaired) electrons. The van der Waals surface area contributed by atoms with E-state index in [1.807, 2.05) is 0 Å². The Morgan fingerprint density at radius 3 is 1.84 bits per heavy atom. The van der Waals surface area contributed by atoms with Crippen LogP contribution in [-0.4, -0.2) is 106 Å². The molecule has 1 aromatic rings. The SMILES string of the molecule is OC[C@H](O)[C@@H](O)[C@H](O)[C@H](O)c1cncc(C[C@@H](O)[C@H](O)[C@@H](O)CO)n1. The molecule has 0 bridgehead atoms. The summed E-state index contributed by atoms with van der Waals surface area (Å²) in [4.78, 5) is 7.68. The van der Waals surface area contributed by atoms with E-state index in [0.717, 1.165) is 6.20 Å². The van der Waals surface area contributed by atoms with E-state index in [1.165, 1.54) is 6.20 Å². The fraction of sp³-hybridized carbons (Fsp3) is 0.714. The fourth-order valence-corrected chi connectivity index (χ4v) is 2.06. The summed E-state index contributed by atoms with van der Waals surface area (Å²) in [6, 6.07) is 0. The number of hydrogen-bond donors (Lipinski definition) is 9. The van der Waals surface area contributed by atoms with Crippen LogP contribution in [0.15, 0.2) is 12.4 Å². The highest BCUT2D eigenvalue weighted by Crippen LogP contribution is 2.19. The van der Waals surface area contributed by atoms with Crippen molar-refractivity contribution in [1.82, 2.24) is 9.97 Å². The molecule has 0 spiro atoms. The molecule has 0 amide bonds. The zero-order valence-corrected chi connectivity index (χ0v) is 13.2. The zero-order valence-electron chi connectivity index (χ0n) is 13.2. The molecule has 25 heavy (non-hydrogen) atoms. The number of nitrogens with zero attached hydrogens (tertiary/aromatic N) is 2. The molecule has 0 aliphatic carbocycles. The van der Waals surface area contributed by atoms with Crippen LogP contribution in [0.25, 0.3) is 0 Å². The van der Waals surface area contributed by atoms with Crippen LogP contribution in [0.4, 0.5) is 0 Å². The second kappa shape index (κ2) is 10.0. The molecular weight excluding hydrogens is 340 g/mol. The highest BCUT2D eigenvalue weighted by molar-refractivity contribution is 5.09. The molecule has 1 rings (SSSR count). The molecule has 1 aromatic heterocycles. The van der Waals surface area contributed by atoms with Gasteiger partial charge in [0, 0.05) is 12.6 Å². The monoisotopic (exact) mass is 364 g/mol. The van der Waals surface area contributed by atoms with Gasteiger partial charge in [-0.25, -0.2) is 0 Å². The van der Waals surface area contributed by atoms with Gasteiger partial charge in [-0.2, -0.15) is 0 Å². The molecule has 0 fully saturated rings. The van der Waals surface area contributed by atoms with Gasteiger partial charge in [0.15, 0.2) is 0 Å². The molecule has 0 saturated heterocycles. The summed E-state index contributed by atoms with van der Waals surface area (Å²) in [7, 11) is 0. The minimum absolute atomic E-state index is 0.0950. The third kappa shape index (κ3) is 5.88. The van der Waals surface area contributed by atoms with Gasteiger partial charge in [0.1, 0.15) is 36.6 Å². The number of hydrogen-bond acceptors (Lipinski definition) is 11. The lowest BCUT2D eigenvalue weighted by Gasteiger charge is -2.25. The highest BCUT2D eigenvalue weighted by Gasteiger charge is 2.32. The van der Waals surface area contributed by atoms with Crippen molar-refractivity contribution in [2.75, 3.05) is 13.2 Å². The largest absolute Gasteiger partial charge is 0.394 e. The smallest absolute Gasteiger partial charge is 0.126 e. The van der Waals surface area contributed by atoms with Crippen molar-refractivity contribution in [3.63, 3.8) is 0 Å². The van der Waals surface area contributed by atoms with E-state index in [2.05, 4.69) is 9.97 Å². The first kappa shape index (κ1) is 21.8. The second-order valence-corrected chi connectivity index (χ2v) is 5.62. The first-order chi connectivity index (χ1) is 11.7. The van der Waals surface area contributed by atoms with E-state index >= 15 is 0 Å². The van der Waals surface area contributed by atoms with E-state index in [4.69, 9.17) is 10.2 Å². The topological polar surface area (TPSA) is 208 Å². The summed E-state index contributed by atoms with van der Waals surface area (Å²) in [6.45, 7) is -1.58. The third-order valence-corrected chi connectivity index (χ3v) is 3.65. The highest BCUT2D eigenvalue weighted by atomic mass is 16.4. The van der Waals surface area contributed by atoms with Gasteiger partial charge in [0.25, 0.3) is 0 Å². The Morgan fingerprint density at radius 2 is 1.28 bits per heavy atom. The van der Waals surface area contributed by atoms with E-state index in [-0.39, 0.29) is 17.8 Å². The Kier molecular flexibility index (Phi) is 8.71. The number of aromatic nitrogens is 2. The standard InChI is InChI=1S/C14H24N2O9/c17-4-9(20)12(23)8(19)1-6-2-15-3-7(16-6)11(22)14(25)13(24)10(21)5-18/h2-3,8-14,17-25H,1,4-5H2/t8-,9+,10+,11-,12+,13-,14-/m1/s1. The first-order valence-electron chi connectivity index (χ1n) is 7.51. The van der Waals surface area contributed by atoms with Gasteiger partial charge in [-0.15, -0.1) is 0 Å². The predicted molar refractivity (Wildman–Crippen MR) is 80.9 cm³/mol. The Hall–Kier alpha value is -1.28. The second-order valence-electron chi connectivity index (χ2n) is 5.62. The van der Waals surface area contributed by atoms with Gasteiger partial charge in [0.2, 0.25) is 0 Å². The zero-order chi connectivity index (χ0) is 19.1. The van der Waals surface area contributed by atoms with E-state index < -0.39 is 55.9 Å². The van der Waals surface area contributed by atoms with Crippen LogP contribution in [0.3, 0.4) is 0 Å². The fourth-order valence-electron chi connectivity index (χ4n) is 2.06. The molecule has 0 aromatic carbocycles. The quantitative estimate of drug-likeness (QED) is 0.192. The van der Waals surface area contributed by atoms with Crippen LogP contribution < -0.4 is 0 Å². The molecule has 1 heterocycles. The first-order valence-corrected chi connectivity index (χ1v) is 7.51. The lowest BCUT2D eigenvalue weighted by Crippen LogP contribution is -2.43. The third-order valence-electron chi connectivity index (χ3n) is 3.65. The molecule has 0 aliphatic heterocycles. The minimum atomic E-state index is -1.86. The van der Waals surface area contributed by atoms with Crippen molar-refractivity contribution < 1.29 is 46.0 Å². The minimum Gasteiger partial charge on any atom is -0.394 e. The van der Waals surface area contributed by atoms with Crippen LogP contribution in [0.2, 0.25) is 0 Å². The van der Waals surface area contributed by atoms with Crippen molar-refractivity contribution in [3.05, 3.63) is 23.8 Å². The van der Waals surface area contributed by atoms with Crippen LogP contribution in [0.5, 0.6) is 0 Å². The Bertz CT molecular complexity index is 521. The van der Waals surface area contributed by atoms with Crippen molar-refractivity contribution in [3.8, 4) is 0 Å². The van der Waals surface area contributed by atoms with Gasteiger partial charge in [-0.3, -0.25) is 9.97 Å². The maximum atomic E-state index is 10.0. The maximum Gasteiger partial charge on any atom is 0.126 e. The van der Waals surface area contributed by atoms with Crippen LogP contribution >= 0.6 is 0 Å². The van der Waals surface area contributed by atoms with Gasteiger partial charge < -0.3 is 46.0 Å². The van der Waals surface area contributed by atoms with Crippen molar-refractivity contribution in [2.24, 2.45) is 0 Å². The Balaban J connectivity index is 2.83. The van der Waals surface area contributed by atoms with Gasteiger partial charge in [-0.05, 0) is 0 Å². The van der Waals surface area contributed by atoms with Crippen molar-refractivity contribution >= 4 is 0 Å². The predicted octanol–water partition coefficient (Wildman–Crippen LogP) is -4.80. The summed E-state index contributed by atoms with van der Waals surface area (Å²) in [5.74, 6) is 0. The Morgan fingerprint density at radius 1 is 0.720 bits per heavy atom. The van der Waals surface area contributed by atoms with Crippen LogP contribution in [0, 0.1) is 0 Å². The molecule has 11 nitrogen and oxygen atoms in total. The molecule has 0 saturated carbocycles. The number of aliphatic hydroxyl groups excluding tert-OH is 9. The summed E-state index contributed by atoms with van der Waals surface area (Å²) in [6.07, 6.45) is -9.74. The maximum absolute atomic E-state index is 10.0. The number of aliphatic hydroxyl groups is 9. The molecule has 144 valence electrons. The summed E-state index contributed by atoms with van der Waals surface area (Å²) >= 11 is 0. The van der Waals surface area contributed by atoms with Crippen LogP contribution in [0.1, 0.15) is 17.5 Å². The molecule has 11 heteroatoms. The van der Waals surface area contributed by atoms with Gasteiger partial charge in [0.05, 0.1) is 36.9 Å². The van der Waals surface area contributed by atoms with Gasteiger partial charge in [-0.1, -0.05) is 0 Å². The Labute approximate surface area is 143 Å².